The largest absolute Gasteiger partial charge is 0.465 e. The Morgan fingerprint density at radius 1 is 1.09 bits per heavy atom. The minimum absolute atomic E-state index is 0.213. The van der Waals surface area contributed by atoms with Crippen molar-refractivity contribution in [3.63, 3.8) is 0 Å². The van der Waals surface area contributed by atoms with Crippen LogP contribution in [0.4, 0.5) is 5.69 Å². The number of anilines is 1. The van der Waals surface area contributed by atoms with Crippen molar-refractivity contribution < 1.29 is 14.3 Å². The average Bonchev–Trinajstić information content (AvgIpc) is 3.22. The van der Waals surface area contributed by atoms with Gasteiger partial charge in [-0.3, -0.25) is 14.2 Å². The zero-order valence-electron chi connectivity index (χ0n) is 17.8. The molecule has 9 nitrogen and oxygen atoms in total. The number of carbonyl (C=O) groups excluding carboxylic acids is 2. The van der Waals surface area contributed by atoms with E-state index in [1.165, 1.54) is 24.2 Å². The maximum Gasteiger partial charge on any atom is 0.337 e. The van der Waals surface area contributed by atoms with Crippen LogP contribution in [0.3, 0.4) is 0 Å². The molecule has 162 valence electrons. The molecule has 2 aromatic carbocycles. The van der Waals surface area contributed by atoms with Crippen molar-refractivity contribution in [2.45, 2.75) is 20.4 Å². The van der Waals surface area contributed by atoms with E-state index >= 15 is 0 Å². The van der Waals surface area contributed by atoms with Gasteiger partial charge in [-0.25, -0.2) is 14.5 Å². The zero-order valence-corrected chi connectivity index (χ0v) is 17.8. The fourth-order valence-electron chi connectivity index (χ4n) is 3.37. The highest BCUT2D eigenvalue weighted by Crippen LogP contribution is 2.20. The first-order valence-corrected chi connectivity index (χ1v) is 9.87. The van der Waals surface area contributed by atoms with Crippen molar-refractivity contribution in [3.8, 4) is 5.69 Å². The number of hydrogen-bond donors (Lipinski definition) is 1. The van der Waals surface area contributed by atoms with E-state index in [0.29, 0.717) is 22.3 Å². The summed E-state index contributed by atoms with van der Waals surface area (Å²) < 4.78 is 7.51. The van der Waals surface area contributed by atoms with Crippen molar-refractivity contribution in [2.24, 2.45) is 0 Å². The molecule has 0 aliphatic carbocycles. The quantitative estimate of drug-likeness (QED) is 0.487. The van der Waals surface area contributed by atoms with E-state index in [1.807, 2.05) is 32.0 Å². The Morgan fingerprint density at radius 3 is 2.56 bits per heavy atom. The SMILES string of the molecule is COC(=O)c1ccc(NC(=O)Cn2cnc3c(cnn3-c3cccc(C)c3C)c2=O)cc1. The first-order valence-electron chi connectivity index (χ1n) is 9.87. The molecule has 0 spiro atoms. The van der Waals surface area contributed by atoms with Crippen LogP contribution in [0, 0.1) is 13.8 Å². The van der Waals surface area contributed by atoms with E-state index in [0.717, 1.165) is 16.8 Å². The molecular formula is C23H21N5O4. The molecule has 0 radical (unpaired) electrons. The number of methoxy groups -OCH3 is 1. The molecule has 1 amide bonds. The van der Waals surface area contributed by atoms with Crippen LogP contribution in [0.1, 0.15) is 21.5 Å². The van der Waals surface area contributed by atoms with Crippen LogP contribution < -0.4 is 10.9 Å². The van der Waals surface area contributed by atoms with Crippen LogP contribution in [0.25, 0.3) is 16.7 Å². The first-order chi connectivity index (χ1) is 15.4. The van der Waals surface area contributed by atoms with E-state index < -0.39 is 11.9 Å². The van der Waals surface area contributed by atoms with Gasteiger partial charge >= 0.3 is 5.97 Å². The van der Waals surface area contributed by atoms with Gasteiger partial charge in [0.2, 0.25) is 5.91 Å². The summed E-state index contributed by atoms with van der Waals surface area (Å²) in [6, 6.07) is 12.1. The Balaban J connectivity index is 1.56. The van der Waals surface area contributed by atoms with Gasteiger partial charge in [0, 0.05) is 5.69 Å². The fourth-order valence-corrected chi connectivity index (χ4v) is 3.37. The molecule has 0 bridgehead atoms. The lowest BCUT2D eigenvalue weighted by atomic mass is 10.1. The monoisotopic (exact) mass is 431 g/mol. The molecule has 0 fully saturated rings. The standard InChI is InChI=1S/C23H21N5O4/c1-14-5-4-6-19(15(14)2)28-21-18(11-25-28)22(30)27(13-24-21)12-20(29)26-17-9-7-16(8-10-17)23(31)32-3/h4-11,13H,12H2,1-3H3,(H,26,29). The molecule has 0 aliphatic rings. The highest BCUT2D eigenvalue weighted by atomic mass is 16.5. The molecular weight excluding hydrogens is 410 g/mol. The third-order valence-electron chi connectivity index (χ3n) is 5.26. The molecule has 2 aromatic heterocycles. The maximum atomic E-state index is 12.9. The van der Waals surface area contributed by atoms with Crippen LogP contribution in [-0.4, -0.2) is 38.3 Å². The Hall–Kier alpha value is -4.27. The van der Waals surface area contributed by atoms with Gasteiger partial charge in [0.15, 0.2) is 5.65 Å². The predicted molar refractivity (Wildman–Crippen MR) is 119 cm³/mol. The smallest absolute Gasteiger partial charge is 0.337 e. The van der Waals surface area contributed by atoms with Crippen LogP contribution >= 0.6 is 0 Å². The summed E-state index contributed by atoms with van der Waals surface area (Å²) in [5.41, 5.74) is 3.93. The van der Waals surface area contributed by atoms with E-state index in [-0.39, 0.29) is 12.1 Å². The summed E-state index contributed by atoms with van der Waals surface area (Å²) in [6.45, 7) is 3.78. The molecule has 0 saturated heterocycles. The molecule has 9 heteroatoms. The number of fused-ring (bicyclic) bond motifs is 1. The predicted octanol–water partition coefficient (Wildman–Crippen LogP) is 2.62. The van der Waals surface area contributed by atoms with Crippen molar-refractivity contribution in [2.75, 3.05) is 12.4 Å². The lowest BCUT2D eigenvalue weighted by Crippen LogP contribution is -2.27. The Kier molecular flexibility index (Phi) is 5.55. The Labute approximate surface area is 183 Å². The third kappa shape index (κ3) is 3.87. The van der Waals surface area contributed by atoms with Crippen LogP contribution in [0.5, 0.6) is 0 Å². The molecule has 32 heavy (non-hydrogen) atoms. The van der Waals surface area contributed by atoms with Gasteiger partial charge in [-0.1, -0.05) is 12.1 Å². The number of esters is 1. The number of amides is 1. The Bertz CT molecular complexity index is 1390. The topological polar surface area (TPSA) is 108 Å². The minimum Gasteiger partial charge on any atom is -0.465 e. The van der Waals surface area contributed by atoms with Gasteiger partial charge in [0.25, 0.3) is 5.56 Å². The molecule has 0 atom stereocenters. The van der Waals surface area contributed by atoms with Crippen LogP contribution in [-0.2, 0) is 16.1 Å². The average molecular weight is 431 g/mol. The van der Waals surface area contributed by atoms with E-state index in [2.05, 4.69) is 20.1 Å². The lowest BCUT2D eigenvalue weighted by molar-refractivity contribution is -0.116. The maximum absolute atomic E-state index is 12.9. The normalized spacial score (nSPS) is 10.8. The number of rotatable bonds is 5. The van der Waals surface area contributed by atoms with Gasteiger partial charge in [-0.2, -0.15) is 5.10 Å². The molecule has 4 rings (SSSR count). The summed E-state index contributed by atoms with van der Waals surface area (Å²) in [6.07, 6.45) is 2.81. The molecule has 0 saturated carbocycles. The fraction of sp³-hybridized carbons (Fsp3) is 0.174. The Morgan fingerprint density at radius 2 is 1.84 bits per heavy atom. The van der Waals surface area contributed by atoms with Gasteiger partial charge in [0.1, 0.15) is 18.3 Å². The summed E-state index contributed by atoms with van der Waals surface area (Å²) in [5, 5.41) is 7.37. The molecule has 0 unspecified atom stereocenters. The number of carbonyl (C=O) groups is 2. The summed E-state index contributed by atoms with van der Waals surface area (Å²) in [4.78, 5) is 41.2. The van der Waals surface area contributed by atoms with Crippen molar-refractivity contribution in [1.82, 2.24) is 19.3 Å². The van der Waals surface area contributed by atoms with Crippen molar-refractivity contribution in [1.29, 1.82) is 0 Å². The molecule has 0 aliphatic heterocycles. The number of benzene rings is 2. The van der Waals surface area contributed by atoms with Gasteiger partial charge in [0.05, 0.1) is 24.6 Å². The number of nitrogens with one attached hydrogen (secondary N) is 1. The van der Waals surface area contributed by atoms with Crippen molar-refractivity contribution in [3.05, 3.63) is 82.0 Å². The number of aromatic nitrogens is 4. The van der Waals surface area contributed by atoms with Crippen molar-refractivity contribution >= 4 is 28.6 Å². The first kappa shape index (κ1) is 21.0. The van der Waals surface area contributed by atoms with E-state index in [4.69, 9.17) is 0 Å². The second-order valence-corrected chi connectivity index (χ2v) is 7.31. The highest BCUT2D eigenvalue weighted by molar-refractivity contribution is 5.93. The summed E-state index contributed by atoms with van der Waals surface area (Å²) in [7, 11) is 1.30. The van der Waals surface area contributed by atoms with Crippen LogP contribution in [0.15, 0.2) is 59.8 Å². The number of hydrogen-bond acceptors (Lipinski definition) is 6. The number of nitrogens with zero attached hydrogens (tertiary/aromatic N) is 4. The molecule has 2 heterocycles. The molecule has 1 N–H and O–H groups in total. The summed E-state index contributed by atoms with van der Waals surface area (Å²) >= 11 is 0. The highest BCUT2D eigenvalue weighted by Gasteiger charge is 2.15. The minimum atomic E-state index is -0.463. The van der Waals surface area contributed by atoms with Gasteiger partial charge < -0.3 is 10.1 Å². The molecule has 4 aromatic rings. The lowest BCUT2D eigenvalue weighted by Gasteiger charge is -2.10. The number of aryl methyl sites for hydroxylation is 1. The zero-order chi connectivity index (χ0) is 22.8. The number of ether oxygens (including phenoxy) is 1. The third-order valence-corrected chi connectivity index (χ3v) is 5.26. The van der Waals surface area contributed by atoms with E-state index in [1.54, 1.807) is 28.9 Å². The second kappa shape index (κ2) is 8.46. The summed E-state index contributed by atoms with van der Waals surface area (Å²) in [5.74, 6) is -0.865. The van der Waals surface area contributed by atoms with Gasteiger partial charge in [-0.05, 0) is 55.3 Å². The second-order valence-electron chi connectivity index (χ2n) is 7.31. The van der Waals surface area contributed by atoms with E-state index in [9.17, 15) is 14.4 Å². The van der Waals surface area contributed by atoms with Gasteiger partial charge in [-0.15, -0.1) is 0 Å². The van der Waals surface area contributed by atoms with Crippen LogP contribution in [0.2, 0.25) is 0 Å².